The number of nitrogens with one attached hydrogen (secondary N) is 2. The molecule has 8 nitrogen and oxygen atoms in total. The molecule has 2 amide bonds. The lowest BCUT2D eigenvalue weighted by molar-refractivity contribution is -0.117. The van der Waals surface area contributed by atoms with Gasteiger partial charge in [-0.2, -0.15) is 0 Å². The van der Waals surface area contributed by atoms with Gasteiger partial charge in [0.15, 0.2) is 17.3 Å². The molecule has 132 valence electrons. The molecular weight excluding hydrogens is 328 g/mol. The molecule has 0 radical (unpaired) electrons. The Bertz CT molecular complexity index is 768. The molecule has 25 heavy (non-hydrogen) atoms. The first-order valence-corrected chi connectivity index (χ1v) is 7.21. The number of methoxy groups -OCH3 is 3. The summed E-state index contributed by atoms with van der Waals surface area (Å²) in [5, 5.41) is 0. The summed E-state index contributed by atoms with van der Waals surface area (Å²) >= 11 is 0. The monoisotopic (exact) mass is 346 g/mol. The zero-order valence-corrected chi connectivity index (χ0v) is 14.0. The van der Waals surface area contributed by atoms with E-state index in [2.05, 4.69) is 10.9 Å². The number of hydrazine groups is 1. The van der Waals surface area contributed by atoms with Gasteiger partial charge < -0.3 is 18.6 Å². The van der Waals surface area contributed by atoms with Crippen LogP contribution in [0.4, 0.5) is 0 Å². The van der Waals surface area contributed by atoms with Gasteiger partial charge in [-0.05, 0) is 24.3 Å². The summed E-state index contributed by atoms with van der Waals surface area (Å²) in [5.74, 6) is 0.500. The summed E-state index contributed by atoms with van der Waals surface area (Å²) in [6.07, 6.45) is 4.13. The predicted molar refractivity (Wildman–Crippen MR) is 89.4 cm³/mol. The van der Waals surface area contributed by atoms with E-state index in [-0.39, 0.29) is 5.76 Å². The highest BCUT2D eigenvalue weighted by atomic mass is 16.5. The van der Waals surface area contributed by atoms with Crippen LogP contribution in [0.1, 0.15) is 16.1 Å². The number of amides is 2. The maximum absolute atomic E-state index is 11.8. The zero-order chi connectivity index (χ0) is 18.2. The Morgan fingerprint density at radius 1 is 1.00 bits per heavy atom. The van der Waals surface area contributed by atoms with Gasteiger partial charge >= 0.3 is 5.91 Å². The molecule has 0 aliphatic carbocycles. The number of benzene rings is 1. The molecular formula is C17H18N2O6. The third kappa shape index (κ3) is 4.54. The Hall–Kier alpha value is -3.42. The molecule has 0 bridgehead atoms. The normalized spacial score (nSPS) is 10.4. The average molecular weight is 346 g/mol. The molecule has 1 aromatic carbocycles. The molecule has 0 fully saturated rings. The fourth-order valence-corrected chi connectivity index (χ4v) is 1.98. The second kappa shape index (κ2) is 8.44. The fraction of sp³-hybridized carbons (Fsp3) is 0.176. The van der Waals surface area contributed by atoms with Crippen LogP contribution >= 0.6 is 0 Å². The molecule has 2 N–H and O–H groups in total. The van der Waals surface area contributed by atoms with Crippen molar-refractivity contribution in [1.29, 1.82) is 0 Å². The fourth-order valence-electron chi connectivity index (χ4n) is 1.98. The van der Waals surface area contributed by atoms with Gasteiger partial charge in [0.25, 0.3) is 5.91 Å². The van der Waals surface area contributed by atoms with Crippen LogP contribution in [0, 0.1) is 0 Å². The van der Waals surface area contributed by atoms with Crippen LogP contribution in [-0.4, -0.2) is 33.1 Å². The van der Waals surface area contributed by atoms with E-state index in [1.807, 2.05) is 0 Å². The van der Waals surface area contributed by atoms with Crippen molar-refractivity contribution in [2.45, 2.75) is 0 Å². The molecule has 2 aromatic rings. The van der Waals surface area contributed by atoms with Gasteiger partial charge in [0.2, 0.25) is 0 Å². The summed E-state index contributed by atoms with van der Waals surface area (Å²) in [7, 11) is 4.53. The number of hydrogen-bond donors (Lipinski definition) is 2. The molecule has 0 spiro atoms. The first-order valence-electron chi connectivity index (χ1n) is 7.21. The van der Waals surface area contributed by atoms with E-state index >= 15 is 0 Å². The summed E-state index contributed by atoms with van der Waals surface area (Å²) < 4.78 is 20.6. The highest BCUT2D eigenvalue weighted by molar-refractivity contribution is 5.96. The molecule has 8 heteroatoms. The van der Waals surface area contributed by atoms with Crippen LogP contribution in [0.5, 0.6) is 17.2 Å². The molecule has 0 aliphatic rings. The highest BCUT2D eigenvalue weighted by Crippen LogP contribution is 2.35. The second-order valence-corrected chi connectivity index (χ2v) is 4.70. The van der Waals surface area contributed by atoms with Gasteiger partial charge in [-0.1, -0.05) is 0 Å². The largest absolute Gasteiger partial charge is 0.496 e. The molecule has 2 rings (SSSR count). The van der Waals surface area contributed by atoms with Gasteiger partial charge in [0.05, 0.1) is 27.6 Å². The maximum atomic E-state index is 11.8. The average Bonchev–Trinajstić information content (AvgIpc) is 3.18. The summed E-state index contributed by atoms with van der Waals surface area (Å²) in [6, 6.07) is 6.36. The van der Waals surface area contributed by atoms with Gasteiger partial charge in [0, 0.05) is 17.7 Å². The third-order valence-corrected chi connectivity index (χ3v) is 3.19. The summed E-state index contributed by atoms with van der Waals surface area (Å²) in [4.78, 5) is 23.5. The Morgan fingerprint density at radius 3 is 2.28 bits per heavy atom. The Balaban J connectivity index is 2.04. The van der Waals surface area contributed by atoms with Crippen LogP contribution in [0.3, 0.4) is 0 Å². The van der Waals surface area contributed by atoms with E-state index in [0.29, 0.717) is 22.8 Å². The highest BCUT2D eigenvalue weighted by Gasteiger charge is 2.11. The minimum atomic E-state index is -0.560. The standard InChI is InChI=1S/C17H18N2O6/c1-22-13-10-15(24-3)14(23-2)9-11(13)6-7-16(20)18-19-17(21)12-5-4-8-25-12/h4-10H,1-3H3,(H,18,20)(H,19,21)/b7-6+. The van der Waals surface area contributed by atoms with Gasteiger partial charge in [0.1, 0.15) is 5.75 Å². The number of furan rings is 1. The topological polar surface area (TPSA) is 99.0 Å². The van der Waals surface area contributed by atoms with Crippen LogP contribution in [-0.2, 0) is 4.79 Å². The van der Waals surface area contributed by atoms with Crippen molar-refractivity contribution in [3.63, 3.8) is 0 Å². The smallest absolute Gasteiger partial charge is 0.305 e. The van der Waals surface area contributed by atoms with Gasteiger partial charge in [-0.15, -0.1) is 0 Å². The third-order valence-electron chi connectivity index (χ3n) is 3.19. The van der Waals surface area contributed by atoms with E-state index < -0.39 is 11.8 Å². The van der Waals surface area contributed by atoms with E-state index in [9.17, 15) is 9.59 Å². The second-order valence-electron chi connectivity index (χ2n) is 4.70. The van der Waals surface area contributed by atoms with E-state index in [1.165, 1.54) is 45.8 Å². The number of rotatable bonds is 6. The Morgan fingerprint density at radius 2 is 1.68 bits per heavy atom. The van der Waals surface area contributed by atoms with E-state index in [0.717, 1.165) is 0 Å². The molecule has 1 heterocycles. The van der Waals surface area contributed by atoms with E-state index in [1.54, 1.807) is 18.2 Å². The number of carbonyl (C=O) groups excluding carboxylic acids is 2. The lowest BCUT2D eigenvalue weighted by Crippen LogP contribution is -2.40. The minimum absolute atomic E-state index is 0.0887. The molecule has 0 saturated heterocycles. The van der Waals surface area contributed by atoms with Crippen LogP contribution in [0.2, 0.25) is 0 Å². The Labute approximate surface area is 144 Å². The van der Waals surface area contributed by atoms with Crippen LogP contribution < -0.4 is 25.1 Å². The molecule has 1 aromatic heterocycles. The van der Waals surface area contributed by atoms with E-state index in [4.69, 9.17) is 18.6 Å². The molecule has 0 atom stereocenters. The van der Waals surface area contributed by atoms with Crippen molar-refractivity contribution in [3.05, 3.63) is 47.9 Å². The first kappa shape index (κ1) is 17.9. The van der Waals surface area contributed by atoms with Crippen molar-refractivity contribution < 1.29 is 28.2 Å². The number of ether oxygens (including phenoxy) is 3. The van der Waals surface area contributed by atoms with Crippen molar-refractivity contribution in [2.75, 3.05) is 21.3 Å². The van der Waals surface area contributed by atoms with Crippen molar-refractivity contribution in [1.82, 2.24) is 10.9 Å². The minimum Gasteiger partial charge on any atom is -0.496 e. The SMILES string of the molecule is COc1cc(OC)c(OC)cc1/C=C/C(=O)NNC(=O)c1ccco1. The quantitative estimate of drug-likeness (QED) is 0.611. The molecule has 0 aliphatic heterocycles. The lowest BCUT2D eigenvalue weighted by Gasteiger charge is -2.12. The maximum Gasteiger partial charge on any atom is 0.305 e. The van der Waals surface area contributed by atoms with Crippen molar-refractivity contribution in [2.24, 2.45) is 0 Å². The summed E-state index contributed by atoms with van der Waals surface area (Å²) in [5.41, 5.74) is 5.08. The zero-order valence-electron chi connectivity index (χ0n) is 14.0. The van der Waals surface area contributed by atoms with Crippen LogP contribution in [0.15, 0.2) is 41.0 Å². The number of carbonyl (C=O) groups is 2. The Kier molecular flexibility index (Phi) is 6.05. The van der Waals surface area contributed by atoms with Crippen LogP contribution in [0.25, 0.3) is 6.08 Å². The van der Waals surface area contributed by atoms with Crippen molar-refractivity contribution in [3.8, 4) is 17.2 Å². The van der Waals surface area contributed by atoms with Crippen molar-refractivity contribution >= 4 is 17.9 Å². The molecule has 0 unspecified atom stereocenters. The van der Waals surface area contributed by atoms with Gasteiger partial charge in [-0.25, -0.2) is 0 Å². The van der Waals surface area contributed by atoms with Gasteiger partial charge in [-0.3, -0.25) is 20.4 Å². The predicted octanol–water partition coefficient (Wildman–Crippen LogP) is 1.78. The first-order chi connectivity index (χ1) is 12.1. The lowest BCUT2D eigenvalue weighted by atomic mass is 10.1. The molecule has 0 saturated carbocycles. The number of hydrogen-bond acceptors (Lipinski definition) is 6. The summed E-state index contributed by atoms with van der Waals surface area (Å²) in [6.45, 7) is 0.